The molecule has 0 unspecified atom stereocenters. The molecule has 7 heteroatoms. The number of benzene rings is 3. The van der Waals surface area contributed by atoms with Crippen LogP contribution in [0.1, 0.15) is 15.9 Å². The van der Waals surface area contributed by atoms with Gasteiger partial charge in [0.15, 0.2) is 0 Å². The summed E-state index contributed by atoms with van der Waals surface area (Å²) in [5.41, 5.74) is 5.36. The van der Waals surface area contributed by atoms with Crippen molar-refractivity contribution >= 4 is 22.6 Å². The van der Waals surface area contributed by atoms with Crippen molar-refractivity contribution in [1.82, 2.24) is 24.3 Å². The Morgan fingerprint density at radius 2 is 1.70 bits per heavy atom. The summed E-state index contributed by atoms with van der Waals surface area (Å²) in [6.45, 7) is 0.617. The van der Waals surface area contributed by atoms with E-state index < -0.39 is 0 Å². The summed E-state index contributed by atoms with van der Waals surface area (Å²) >= 11 is 0. The molecule has 30 heavy (non-hydrogen) atoms. The molecule has 7 nitrogen and oxygen atoms in total. The molecule has 0 radical (unpaired) electrons. The van der Waals surface area contributed by atoms with Gasteiger partial charge in [0.1, 0.15) is 19.0 Å². The minimum atomic E-state index is -0.150. The van der Waals surface area contributed by atoms with Crippen molar-refractivity contribution in [2.24, 2.45) is 0 Å². The third kappa shape index (κ3) is 3.56. The van der Waals surface area contributed by atoms with Gasteiger partial charge in [-0.3, -0.25) is 9.36 Å². The number of aromatic nitrogens is 5. The summed E-state index contributed by atoms with van der Waals surface area (Å²) in [5, 5.41) is 7.03. The molecular weight excluding hydrogens is 376 g/mol. The van der Waals surface area contributed by atoms with Crippen molar-refractivity contribution in [3.05, 3.63) is 103 Å². The van der Waals surface area contributed by atoms with Crippen molar-refractivity contribution in [2.45, 2.75) is 6.54 Å². The number of imidazole rings is 1. The first-order valence-electron chi connectivity index (χ1n) is 9.51. The summed E-state index contributed by atoms with van der Waals surface area (Å²) < 4.78 is 3.76. The molecule has 1 amide bonds. The number of amides is 1. The van der Waals surface area contributed by atoms with Crippen LogP contribution >= 0.6 is 0 Å². The van der Waals surface area contributed by atoms with Crippen LogP contribution in [0.3, 0.4) is 0 Å². The third-order valence-electron chi connectivity index (χ3n) is 4.88. The maximum absolute atomic E-state index is 12.6. The number of fused-ring (bicyclic) bond motifs is 1. The van der Waals surface area contributed by atoms with Crippen molar-refractivity contribution in [3.63, 3.8) is 0 Å². The Morgan fingerprint density at radius 1 is 0.900 bits per heavy atom. The molecule has 0 aliphatic carbocycles. The van der Waals surface area contributed by atoms with Gasteiger partial charge in [0, 0.05) is 16.9 Å². The topological polar surface area (TPSA) is 77.6 Å². The molecule has 146 valence electrons. The van der Waals surface area contributed by atoms with E-state index in [0.717, 1.165) is 28.0 Å². The lowest BCUT2D eigenvalue weighted by molar-refractivity contribution is 0.102. The highest BCUT2D eigenvalue weighted by Crippen LogP contribution is 2.20. The zero-order valence-corrected chi connectivity index (χ0v) is 16.0. The summed E-state index contributed by atoms with van der Waals surface area (Å²) in [6.07, 6.45) is 4.97. The van der Waals surface area contributed by atoms with E-state index in [-0.39, 0.29) is 5.91 Å². The minimum Gasteiger partial charge on any atom is -0.322 e. The van der Waals surface area contributed by atoms with Gasteiger partial charge in [-0.05, 0) is 54.1 Å². The summed E-state index contributed by atoms with van der Waals surface area (Å²) in [5.74, 6) is -0.150. The van der Waals surface area contributed by atoms with Gasteiger partial charge in [0.2, 0.25) is 0 Å². The second-order valence-electron chi connectivity index (χ2n) is 6.89. The van der Waals surface area contributed by atoms with Crippen LogP contribution in [-0.4, -0.2) is 30.2 Å². The van der Waals surface area contributed by atoms with Crippen molar-refractivity contribution in [1.29, 1.82) is 0 Å². The van der Waals surface area contributed by atoms with Crippen molar-refractivity contribution in [3.8, 4) is 5.69 Å². The molecule has 0 aliphatic rings. The molecule has 0 aliphatic heterocycles. The van der Waals surface area contributed by atoms with E-state index in [1.807, 2.05) is 77.4 Å². The molecule has 1 N–H and O–H groups in total. The van der Waals surface area contributed by atoms with Crippen LogP contribution in [0.25, 0.3) is 16.7 Å². The number of nitrogens with zero attached hydrogens (tertiary/aromatic N) is 5. The first-order chi connectivity index (χ1) is 14.8. The Hall–Kier alpha value is -4.26. The summed E-state index contributed by atoms with van der Waals surface area (Å²) in [6, 6.07) is 23.2. The van der Waals surface area contributed by atoms with Crippen LogP contribution in [0.2, 0.25) is 0 Å². The van der Waals surface area contributed by atoms with E-state index in [1.54, 1.807) is 17.3 Å². The third-order valence-corrected chi connectivity index (χ3v) is 4.88. The molecule has 2 aromatic heterocycles. The summed E-state index contributed by atoms with van der Waals surface area (Å²) in [4.78, 5) is 20.9. The van der Waals surface area contributed by atoms with Gasteiger partial charge in [-0.15, -0.1) is 0 Å². The van der Waals surface area contributed by atoms with Crippen molar-refractivity contribution < 1.29 is 4.79 Å². The van der Waals surface area contributed by atoms with E-state index in [4.69, 9.17) is 0 Å². The fourth-order valence-electron chi connectivity index (χ4n) is 3.34. The van der Waals surface area contributed by atoms with Crippen molar-refractivity contribution in [2.75, 3.05) is 5.32 Å². The highest BCUT2D eigenvalue weighted by atomic mass is 16.1. The summed E-state index contributed by atoms with van der Waals surface area (Å²) in [7, 11) is 0. The highest BCUT2D eigenvalue weighted by molar-refractivity contribution is 6.04. The van der Waals surface area contributed by atoms with E-state index in [1.165, 1.54) is 6.33 Å². The standard InChI is InChI=1S/C23H18N6O/c30-23(18-7-5-17(6-8-18)13-28-15-24-14-26-28)27-19-9-11-20(12-10-19)29-16-25-21-3-1-2-4-22(21)29/h1-12,14-16H,13H2,(H,27,30). The molecular formula is C23H18N6O. The molecule has 0 atom stereocenters. The molecule has 0 saturated carbocycles. The largest absolute Gasteiger partial charge is 0.322 e. The number of anilines is 1. The van der Waals surface area contributed by atoms with Gasteiger partial charge in [-0.25, -0.2) is 14.6 Å². The number of hydrogen-bond acceptors (Lipinski definition) is 4. The van der Waals surface area contributed by atoms with Crippen LogP contribution in [-0.2, 0) is 6.54 Å². The highest BCUT2D eigenvalue weighted by Gasteiger charge is 2.08. The normalized spacial score (nSPS) is 10.9. The first-order valence-corrected chi connectivity index (χ1v) is 9.51. The van der Waals surface area contributed by atoms with Gasteiger partial charge in [-0.2, -0.15) is 5.10 Å². The van der Waals surface area contributed by atoms with Gasteiger partial charge in [-0.1, -0.05) is 24.3 Å². The predicted octanol–water partition coefficient (Wildman–Crippen LogP) is 3.92. The molecule has 3 aromatic carbocycles. The van der Waals surface area contributed by atoms with E-state index in [0.29, 0.717) is 12.1 Å². The van der Waals surface area contributed by atoms with Gasteiger partial charge in [0.05, 0.1) is 17.6 Å². The van der Waals surface area contributed by atoms with Crippen LogP contribution in [0.15, 0.2) is 91.8 Å². The molecule has 0 fully saturated rings. The number of nitrogens with one attached hydrogen (secondary N) is 1. The van der Waals surface area contributed by atoms with Crippen LogP contribution in [0, 0.1) is 0 Å². The Balaban J connectivity index is 1.28. The van der Waals surface area contributed by atoms with Crippen LogP contribution in [0.5, 0.6) is 0 Å². The van der Waals surface area contributed by atoms with Crippen LogP contribution < -0.4 is 5.32 Å². The van der Waals surface area contributed by atoms with E-state index >= 15 is 0 Å². The van der Waals surface area contributed by atoms with Gasteiger partial charge in [0.25, 0.3) is 5.91 Å². The van der Waals surface area contributed by atoms with Crippen LogP contribution in [0.4, 0.5) is 5.69 Å². The number of para-hydroxylation sites is 2. The lowest BCUT2D eigenvalue weighted by Crippen LogP contribution is -2.12. The smallest absolute Gasteiger partial charge is 0.255 e. The Bertz CT molecular complexity index is 1290. The lowest BCUT2D eigenvalue weighted by atomic mass is 10.1. The Morgan fingerprint density at radius 3 is 2.47 bits per heavy atom. The zero-order chi connectivity index (χ0) is 20.3. The Labute approximate surface area is 172 Å². The van der Waals surface area contributed by atoms with E-state index in [9.17, 15) is 4.79 Å². The maximum atomic E-state index is 12.6. The zero-order valence-electron chi connectivity index (χ0n) is 16.0. The number of carbonyl (C=O) groups excluding carboxylic acids is 1. The fourth-order valence-corrected chi connectivity index (χ4v) is 3.34. The maximum Gasteiger partial charge on any atom is 0.255 e. The average Bonchev–Trinajstić information content (AvgIpc) is 3.45. The quantitative estimate of drug-likeness (QED) is 0.490. The number of hydrogen-bond donors (Lipinski definition) is 1. The second kappa shape index (κ2) is 7.63. The number of rotatable bonds is 5. The molecule has 0 saturated heterocycles. The molecule has 0 bridgehead atoms. The average molecular weight is 394 g/mol. The lowest BCUT2D eigenvalue weighted by Gasteiger charge is -2.09. The van der Waals surface area contributed by atoms with E-state index in [2.05, 4.69) is 20.4 Å². The number of carbonyl (C=O) groups is 1. The van der Waals surface area contributed by atoms with Gasteiger partial charge < -0.3 is 5.32 Å². The SMILES string of the molecule is O=C(Nc1ccc(-n2cnc3ccccc32)cc1)c1ccc(Cn2cncn2)cc1. The predicted molar refractivity (Wildman–Crippen MR) is 115 cm³/mol. The minimum absolute atomic E-state index is 0.150. The monoisotopic (exact) mass is 394 g/mol. The Kier molecular flexibility index (Phi) is 4.53. The molecule has 2 heterocycles. The molecule has 5 aromatic rings. The first kappa shape index (κ1) is 17.8. The van der Waals surface area contributed by atoms with Gasteiger partial charge >= 0.3 is 0 Å². The second-order valence-corrected chi connectivity index (χ2v) is 6.89. The molecule has 5 rings (SSSR count). The molecule has 0 spiro atoms. The fraction of sp³-hybridized carbons (Fsp3) is 0.0435.